The Labute approximate surface area is 142 Å². The van der Waals surface area contributed by atoms with Gasteiger partial charge >= 0.3 is 12.4 Å². The lowest BCUT2D eigenvalue weighted by molar-refractivity contribution is -0.152. The van der Waals surface area contributed by atoms with Crippen LogP contribution < -0.4 is 4.72 Å². The van der Waals surface area contributed by atoms with E-state index in [-0.39, 0.29) is 16.0 Å². The van der Waals surface area contributed by atoms with Gasteiger partial charge in [0.1, 0.15) is 12.1 Å². The van der Waals surface area contributed by atoms with Crippen LogP contribution in [-0.4, -0.2) is 11.2 Å². The molecule has 0 aliphatic rings. The maximum absolute atomic E-state index is 13.2. The zero-order valence-electron chi connectivity index (χ0n) is 12.2. The highest BCUT2D eigenvalue weighted by molar-refractivity contribution is 7.97. The predicted molar refractivity (Wildman–Crippen MR) is 78.2 cm³/mol. The lowest BCUT2D eigenvalue weighted by Crippen LogP contribution is -2.30. The number of nitriles is 1. The number of nitrogens with zero attached hydrogens (tertiary/aromatic N) is 2. The molecule has 0 fully saturated rings. The first-order valence-electron chi connectivity index (χ1n) is 6.62. The minimum atomic E-state index is -4.73. The van der Waals surface area contributed by atoms with E-state index in [1.165, 1.54) is 18.5 Å². The van der Waals surface area contributed by atoms with E-state index in [1.54, 1.807) is 6.07 Å². The van der Waals surface area contributed by atoms with E-state index in [1.807, 2.05) is 0 Å². The van der Waals surface area contributed by atoms with Gasteiger partial charge in [0.05, 0.1) is 11.1 Å². The number of benzene rings is 1. The summed E-state index contributed by atoms with van der Waals surface area (Å²) in [5.41, 5.74) is -1.22. The fourth-order valence-electron chi connectivity index (χ4n) is 1.85. The van der Waals surface area contributed by atoms with Gasteiger partial charge in [-0.05, 0) is 35.7 Å². The highest BCUT2D eigenvalue weighted by Gasteiger charge is 2.41. The Bertz CT molecular complexity index is 765. The topological polar surface area (TPSA) is 48.7 Å². The lowest BCUT2D eigenvalue weighted by atomic mass is 10.1. The van der Waals surface area contributed by atoms with Gasteiger partial charge in [-0.15, -0.1) is 0 Å². The van der Waals surface area contributed by atoms with Crippen molar-refractivity contribution in [2.45, 2.75) is 23.3 Å². The molecule has 0 saturated heterocycles. The molecule has 0 bridgehead atoms. The average molecular weight is 377 g/mol. The van der Waals surface area contributed by atoms with Gasteiger partial charge in [-0.1, -0.05) is 12.1 Å². The third kappa shape index (κ3) is 5.11. The van der Waals surface area contributed by atoms with Crippen LogP contribution in [0.1, 0.15) is 22.7 Å². The van der Waals surface area contributed by atoms with Gasteiger partial charge in [-0.25, -0.2) is 4.72 Å². The van der Waals surface area contributed by atoms with Crippen LogP contribution in [0.3, 0.4) is 0 Å². The van der Waals surface area contributed by atoms with Crippen LogP contribution in [0.4, 0.5) is 26.3 Å². The van der Waals surface area contributed by atoms with Crippen LogP contribution in [0.5, 0.6) is 0 Å². The third-order valence-corrected chi connectivity index (χ3v) is 3.85. The Morgan fingerprint density at radius 2 is 1.68 bits per heavy atom. The van der Waals surface area contributed by atoms with Gasteiger partial charge in [0.2, 0.25) is 0 Å². The summed E-state index contributed by atoms with van der Waals surface area (Å²) < 4.78 is 79.4. The van der Waals surface area contributed by atoms with Crippen LogP contribution in [-0.2, 0) is 6.18 Å². The van der Waals surface area contributed by atoms with Crippen LogP contribution in [0, 0.1) is 11.3 Å². The molecule has 10 heteroatoms. The maximum atomic E-state index is 13.2. The van der Waals surface area contributed by atoms with E-state index in [2.05, 4.69) is 9.71 Å². The summed E-state index contributed by atoms with van der Waals surface area (Å²) in [5, 5.41) is 8.75. The molecule has 1 unspecified atom stereocenters. The van der Waals surface area contributed by atoms with E-state index >= 15 is 0 Å². The Morgan fingerprint density at radius 3 is 2.20 bits per heavy atom. The highest BCUT2D eigenvalue weighted by Crippen LogP contribution is 2.37. The van der Waals surface area contributed by atoms with Gasteiger partial charge in [0.15, 0.2) is 0 Å². The Kier molecular flexibility index (Phi) is 5.59. The molecular weight excluding hydrogens is 368 g/mol. The SMILES string of the molecule is N#Cc1cncc(SNC(c2ccc(C(F)(F)F)cc2)C(F)(F)F)c1. The van der Waals surface area contributed by atoms with Crippen LogP contribution in [0.25, 0.3) is 0 Å². The van der Waals surface area contributed by atoms with Gasteiger partial charge in [-0.2, -0.15) is 31.6 Å². The minimum absolute atomic E-state index is 0.171. The number of nitrogens with one attached hydrogen (secondary N) is 1. The first-order valence-corrected chi connectivity index (χ1v) is 7.44. The van der Waals surface area contributed by atoms with Gasteiger partial charge in [0.25, 0.3) is 0 Å². The molecule has 3 nitrogen and oxygen atoms in total. The third-order valence-electron chi connectivity index (χ3n) is 3.04. The molecule has 0 radical (unpaired) electrons. The first-order chi connectivity index (χ1) is 11.6. The summed E-state index contributed by atoms with van der Waals surface area (Å²) in [5.74, 6) is 0. The van der Waals surface area contributed by atoms with E-state index < -0.39 is 24.0 Å². The number of hydrogen-bond donors (Lipinski definition) is 1. The number of hydrogen-bond acceptors (Lipinski definition) is 4. The van der Waals surface area contributed by atoms with Crippen molar-refractivity contribution >= 4 is 11.9 Å². The standard InChI is InChI=1S/C15H9F6N3S/c16-14(17,18)11-3-1-10(2-4-11)13(15(19,20)21)24-25-12-5-9(6-22)7-23-8-12/h1-5,7-8,13,24H. The smallest absolute Gasteiger partial charge is 0.262 e. The molecule has 1 heterocycles. The Hall–Kier alpha value is -2.25. The van der Waals surface area contributed by atoms with Crippen LogP contribution >= 0.6 is 11.9 Å². The van der Waals surface area contributed by atoms with Crippen molar-refractivity contribution < 1.29 is 26.3 Å². The summed E-state index contributed by atoms with van der Waals surface area (Å²) >= 11 is 0.584. The molecule has 2 rings (SSSR count). The lowest BCUT2D eigenvalue weighted by Gasteiger charge is -2.22. The van der Waals surface area contributed by atoms with Crippen molar-refractivity contribution in [3.05, 3.63) is 59.4 Å². The summed E-state index contributed by atoms with van der Waals surface area (Å²) in [6, 6.07) is 3.70. The van der Waals surface area contributed by atoms with E-state index in [9.17, 15) is 26.3 Å². The first kappa shape index (κ1) is 19.1. The molecule has 132 valence electrons. The van der Waals surface area contributed by atoms with Gasteiger partial charge in [-0.3, -0.25) is 4.98 Å². The van der Waals surface area contributed by atoms with E-state index in [0.717, 1.165) is 12.1 Å². The Morgan fingerprint density at radius 1 is 1.04 bits per heavy atom. The average Bonchev–Trinajstić information content (AvgIpc) is 2.53. The van der Waals surface area contributed by atoms with Crippen molar-refractivity contribution in [1.82, 2.24) is 9.71 Å². The number of halogens is 6. The summed E-state index contributed by atoms with van der Waals surface area (Å²) in [4.78, 5) is 3.98. The minimum Gasteiger partial charge on any atom is -0.262 e. The molecule has 0 aliphatic carbocycles. The molecule has 1 N–H and O–H groups in total. The second-order valence-corrected chi connectivity index (χ2v) is 5.75. The number of aromatic nitrogens is 1. The molecule has 25 heavy (non-hydrogen) atoms. The Balaban J connectivity index is 2.21. The quantitative estimate of drug-likeness (QED) is 0.610. The van der Waals surface area contributed by atoms with Crippen molar-refractivity contribution in [3.8, 4) is 6.07 Å². The molecule has 0 amide bonds. The largest absolute Gasteiger partial charge is 0.416 e. The highest BCUT2D eigenvalue weighted by atomic mass is 32.2. The normalized spacial score (nSPS) is 13.3. The van der Waals surface area contributed by atoms with Crippen LogP contribution in [0.15, 0.2) is 47.6 Å². The molecule has 0 aliphatic heterocycles. The molecular formula is C15H9F6N3S. The molecule has 2 aromatic rings. The predicted octanol–water partition coefficient (Wildman–Crippen LogP) is 4.87. The molecule has 0 spiro atoms. The maximum Gasteiger partial charge on any atom is 0.416 e. The molecule has 1 atom stereocenters. The van der Waals surface area contributed by atoms with Crippen molar-refractivity contribution in [3.63, 3.8) is 0 Å². The second-order valence-electron chi connectivity index (χ2n) is 4.84. The monoisotopic (exact) mass is 377 g/mol. The number of alkyl halides is 6. The molecule has 1 aromatic heterocycles. The van der Waals surface area contributed by atoms with Crippen molar-refractivity contribution in [1.29, 1.82) is 5.26 Å². The zero-order valence-corrected chi connectivity index (χ0v) is 13.0. The van der Waals surface area contributed by atoms with E-state index in [0.29, 0.717) is 24.1 Å². The fourth-order valence-corrected chi connectivity index (χ4v) is 2.67. The molecule has 1 aromatic carbocycles. The zero-order chi connectivity index (χ0) is 18.7. The van der Waals surface area contributed by atoms with Gasteiger partial charge < -0.3 is 0 Å². The summed E-state index contributed by atoms with van der Waals surface area (Å²) in [6.45, 7) is 0. The molecule has 0 saturated carbocycles. The fraction of sp³-hybridized carbons (Fsp3) is 0.200. The second kappa shape index (κ2) is 7.33. The van der Waals surface area contributed by atoms with Gasteiger partial charge in [0, 0.05) is 17.3 Å². The summed E-state index contributed by atoms with van der Waals surface area (Å²) in [6.07, 6.45) is -6.84. The number of rotatable bonds is 4. The summed E-state index contributed by atoms with van der Waals surface area (Å²) in [7, 11) is 0. The van der Waals surface area contributed by atoms with Crippen molar-refractivity contribution in [2.75, 3.05) is 0 Å². The van der Waals surface area contributed by atoms with Crippen LogP contribution in [0.2, 0.25) is 0 Å². The van der Waals surface area contributed by atoms with Crippen molar-refractivity contribution in [2.24, 2.45) is 0 Å². The number of pyridine rings is 1. The van der Waals surface area contributed by atoms with E-state index in [4.69, 9.17) is 5.26 Å².